The Kier molecular flexibility index (Phi) is 3.33. The standard InChI is InChI=1S/C15H13NO2/c1-10(17)12-3-5-13(6-4-12)15-7-14(11(2)18)8-16-9-15/h3-9H,1-2H3. The van der Waals surface area contributed by atoms with Gasteiger partial charge in [-0.1, -0.05) is 24.3 Å². The highest BCUT2D eigenvalue weighted by Crippen LogP contribution is 2.20. The number of hydrogen-bond donors (Lipinski definition) is 0. The highest BCUT2D eigenvalue weighted by atomic mass is 16.1. The van der Waals surface area contributed by atoms with E-state index < -0.39 is 0 Å². The lowest BCUT2D eigenvalue weighted by Gasteiger charge is -2.03. The minimum absolute atomic E-state index is 0.00953. The van der Waals surface area contributed by atoms with E-state index in [0.29, 0.717) is 11.1 Å². The van der Waals surface area contributed by atoms with Crippen molar-refractivity contribution in [3.63, 3.8) is 0 Å². The number of hydrogen-bond acceptors (Lipinski definition) is 3. The lowest BCUT2D eigenvalue weighted by atomic mass is 10.0. The predicted molar refractivity (Wildman–Crippen MR) is 69.7 cm³/mol. The number of Topliss-reactive ketones (excluding diaryl/α,β-unsaturated/α-hetero) is 2. The maximum atomic E-state index is 11.3. The van der Waals surface area contributed by atoms with E-state index in [2.05, 4.69) is 4.98 Å². The van der Waals surface area contributed by atoms with Crippen LogP contribution >= 0.6 is 0 Å². The van der Waals surface area contributed by atoms with E-state index >= 15 is 0 Å². The molecule has 0 bridgehead atoms. The third-order valence-corrected chi connectivity index (χ3v) is 2.77. The molecule has 0 unspecified atom stereocenters. The van der Waals surface area contributed by atoms with Gasteiger partial charge in [-0.2, -0.15) is 0 Å². The Balaban J connectivity index is 2.39. The average Bonchev–Trinajstić information content (AvgIpc) is 2.39. The van der Waals surface area contributed by atoms with Crippen LogP contribution in [0.3, 0.4) is 0 Å². The van der Waals surface area contributed by atoms with Gasteiger partial charge in [0.15, 0.2) is 11.6 Å². The lowest BCUT2D eigenvalue weighted by molar-refractivity contribution is 0.100. The summed E-state index contributed by atoms with van der Waals surface area (Å²) in [5.41, 5.74) is 3.07. The van der Waals surface area contributed by atoms with Gasteiger partial charge in [0, 0.05) is 29.1 Å². The molecule has 0 aliphatic heterocycles. The Morgan fingerprint density at radius 2 is 1.44 bits per heavy atom. The monoisotopic (exact) mass is 239 g/mol. The van der Waals surface area contributed by atoms with Crippen LogP contribution in [0.1, 0.15) is 34.6 Å². The van der Waals surface area contributed by atoms with Crippen LogP contribution in [0.15, 0.2) is 42.7 Å². The van der Waals surface area contributed by atoms with Crippen molar-refractivity contribution in [3.05, 3.63) is 53.9 Å². The first-order valence-electron chi connectivity index (χ1n) is 5.65. The number of nitrogens with zero attached hydrogens (tertiary/aromatic N) is 1. The molecule has 0 spiro atoms. The second-order valence-corrected chi connectivity index (χ2v) is 4.15. The summed E-state index contributed by atoms with van der Waals surface area (Å²) in [6, 6.07) is 9.07. The molecule has 3 nitrogen and oxygen atoms in total. The number of pyridine rings is 1. The largest absolute Gasteiger partial charge is 0.295 e. The molecule has 0 atom stereocenters. The molecule has 2 aromatic rings. The van der Waals surface area contributed by atoms with Gasteiger partial charge in [-0.15, -0.1) is 0 Å². The van der Waals surface area contributed by atoms with Crippen molar-refractivity contribution >= 4 is 11.6 Å². The average molecular weight is 239 g/mol. The fraction of sp³-hybridized carbons (Fsp3) is 0.133. The Morgan fingerprint density at radius 1 is 0.833 bits per heavy atom. The molecule has 0 aliphatic rings. The zero-order valence-corrected chi connectivity index (χ0v) is 10.3. The molecule has 0 radical (unpaired) electrons. The highest BCUT2D eigenvalue weighted by Gasteiger charge is 2.04. The third kappa shape index (κ3) is 2.51. The quantitative estimate of drug-likeness (QED) is 0.773. The molecule has 1 aromatic carbocycles. The Hall–Kier alpha value is -2.29. The number of benzene rings is 1. The van der Waals surface area contributed by atoms with Crippen molar-refractivity contribution in [3.8, 4) is 11.1 Å². The number of rotatable bonds is 3. The van der Waals surface area contributed by atoms with Crippen LogP contribution in [0.25, 0.3) is 11.1 Å². The smallest absolute Gasteiger partial charge is 0.161 e. The van der Waals surface area contributed by atoms with Crippen LogP contribution in [-0.4, -0.2) is 16.6 Å². The van der Waals surface area contributed by atoms with Gasteiger partial charge in [-0.3, -0.25) is 14.6 Å². The third-order valence-electron chi connectivity index (χ3n) is 2.77. The van der Waals surface area contributed by atoms with E-state index in [1.165, 1.54) is 13.8 Å². The molecule has 2 rings (SSSR count). The zero-order chi connectivity index (χ0) is 13.1. The molecule has 0 N–H and O–H groups in total. The maximum absolute atomic E-state index is 11.3. The molecule has 0 saturated carbocycles. The SMILES string of the molecule is CC(=O)c1ccc(-c2cncc(C(C)=O)c2)cc1. The summed E-state index contributed by atoms with van der Waals surface area (Å²) >= 11 is 0. The minimum atomic E-state index is -0.00953. The van der Waals surface area contributed by atoms with Crippen molar-refractivity contribution in [1.29, 1.82) is 0 Å². The van der Waals surface area contributed by atoms with E-state index in [0.717, 1.165) is 11.1 Å². The summed E-state index contributed by atoms with van der Waals surface area (Å²) in [6.45, 7) is 3.05. The van der Waals surface area contributed by atoms with Crippen LogP contribution in [-0.2, 0) is 0 Å². The van der Waals surface area contributed by atoms with E-state index in [1.807, 2.05) is 12.1 Å². The first kappa shape index (κ1) is 12.2. The fourth-order valence-corrected chi connectivity index (χ4v) is 1.69. The van der Waals surface area contributed by atoms with Crippen LogP contribution in [0.4, 0.5) is 0 Å². The summed E-state index contributed by atoms with van der Waals surface area (Å²) in [7, 11) is 0. The Morgan fingerprint density at radius 3 is 2.00 bits per heavy atom. The van der Waals surface area contributed by atoms with Gasteiger partial charge in [0.25, 0.3) is 0 Å². The molecule has 0 saturated heterocycles. The number of carbonyl (C=O) groups excluding carboxylic acids is 2. The second-order valence-electron chi connectivity index (χ2n) is 4.15. The second kappa shape index (κ2) is 4.92. The predicted octanol–water partition coefficient (Wildman–Crippen LogP) is 3.15. The minimum Gasteiger partial charge on any atom is -0.295 e. The van der Waals surface area contributed by atoms with Crippen molar-refractivity contribution in [1.82, 2.24) is 4.98 Å². The summed E-state index contributed by atoms with van der Waals surface area (Å²) in [5.74, 6) is 0.0295. The maximum Gasteiger partial charge on any atom is 0.161 e. The van der Waals surface area contributed by atoms with Crippen molar-refractivity contribution < 1.29 is 9.59 Å². The number of ketones is 2. The molecule has 1 aromatic heterocycles. The number of aromatic nitrogens is 1. The summed E-state index contributed by atoms with van der Waals surface area (Å²) in [6.07, 6.45) is 3.25. The van der Waals surface area contributed by atoms with E-state index in [1.54, 1.807) is 30.6 Å². The Labute approximate surface area is 105 Å². The van der Waals surface area contributed by atoms with Crippen LogP contribution in [0, 0.1) is 0 Å². The fourth-order valence-electron chi connectivity index (χ4n) is 1.69. The van der Waals surface area contributed by atoms with Crippen molar-refractivity contribution in [2.45, 2.75) is 13.8 Å². The topological polar surface area (TPSA) is 47.0 Å². The van der Waals surface area contributed by atoms with Gasteiger partial charge in [0.2, 0.25) is 0 Å². The molecule has 0 fully saturated rings. The molecular formula is C15H13NO2. The lowest BCUT2D eigenvalue weighted by Crippen LogP contribution is -1.94. The molecule has 3 heteroatoms. The van der Waals surface area contributed by atoms with Gasteiger partial charge >= 0.3 is 0 Å². The van der Waals surface area contributed by atoms with Crippen molar-refractivity contribution in [2.24, 2.45) is 0 Å². The van der Waals surface area contributed by atoms with Gasteiger partial charge in [-0.05, 0) is 25.5 Å². The Bertz CT molecular complexity index is 600. The van der Waals surface area contributed by atoms with E-state index in [9.17, 15) is 9.59 Å². The first-order chi connectivity index (χ1) is 8.58. The molecule has 0 aliphatic carbocycles. The van der Waals surface area contributed by atoms with Crippen LogP contribution < -0.4 is 0 Å². The van der Waals surface area contributed by atoms with Gasteiger partial charge in [0.05, 0.1) is 0 Å². The van der Waals surface area contributed by atoms with Crippen molar-refractivity contribution in [2.75, 3.05) is 0 Å². The molecule has 0 amide bonds. The van der Waals surface area contributed by atoms with Crippen LogP contribution in [0.5, 0.6) is 0 Å². The number of carbonyl (C=O) groups is 2. The molecule has 90 valence electrons. The van der Waals surface area contributed by atoms with Crippen LogP contribution in [0.2, 0.25) is 0 Å². The summed E-state index contributed by atoms with van der Waals surface area (Å²) < 4.78 is 0. The van der Waals surface area contributed by atoms with E-state index in [4.69, 9.17) is 0 Å². The van der Waals surface area contributed by atoms with Gasteiger partial charge in [0.1, 0.15) is 0 Å². The van der Waals surface area contributed by atoms with Gasteiger partial charge < -0.3 is 0 Å². The summed E-state index contributed by atoms with van der Waals surface area (Å²) in [4.78, 5) is 26.5. The van der Waals surface area contributed by atoms with Gasteiger partial charge in [-0.25, -0.2) is 0 Å². The highest BCUT2D eigenvalue weighted by molar-refractivity contribution is 5.95. The molecular weight excluding hydrogens is 226 g/mol. The normalized spacial score (nSPS) is 10.1. The molecule has 18 heavy (non-hydrogen) atoms. The van der Waals surface area contributed by atoms with E-state index in [-0.39, 0.29) is 11.6 Å². The molecule has 1 heterocycles. The summed E-state index contributed by atoms with van der Waals surface area (Å²) in [5, 5.41) is 0. The zero-order valence-electron chi connectivity index (χ0n) is 10.3. The first-order valence-corrected chi connectivity index (χ1v) is 5.65.